The summed E-state index contributed by atoms with van der Waals surface area (Å²) in [6.45, 7) is 7.48. The van der Waals surface area contributed by atoms with Crippen LogP contribution in [0.4, 0.5) is 0 Å². The number of benzene rings is 1. The molecule has 7 nitrogen and oxygen atoms in total. The van der Waals surface area contributed by atoms with Crippen LogP contribution in [0.5, 0.6) is 0 Å². The van der Waals surface area contributed by atoms with Gasteiger partial charge in [-0.05, 0) is 40.0 Å². The quantitative estimate of drug-likeness (QED) is 0.454. The van der Waals surface area contributed by atoms with E-state index in [-0.39, 0.29) is 29.7 Å². The molecule has 1 aliphatic rings. The van der Waals surface area contributed by atoms with Crippen molar-refractivity contribution in [3.05, 3.63) is 46.8 Å². The highest BCUT2D eigenvalue weighted by atomic mass is 16.2. The van der Waals surface area contributed by atoms with Crippen molar-refractivity contribution < 1.29 is 14.4 Å². The first-order valence-electron chi connectivity index (χ1n) is 12.0. The van der Waals surface area contributed by atoms with Gasteiger partial charge in [0.15, 0.2) is 0 Å². The Kier molecular flexibility index (Phi) is 10.3. The summed E-state index contributed by atoms with van der Waals surface area (Å²) >= 11 is 0. The molecule has 0 radical (unpaired) electrons. The number of carbonyl (C=O) groups is 3. The van der Waals surface area contributed by atoms with Crippen molar-refractivity contribution >= 4 is 17.5 Å². The molecule has 0 spiro atoms. The zero-order chi connectivity index (χ0) is 24.5. The van der Waals surface area contributed by atoms with E-state index in [0.717, 1.165) is 45.3 Å². The summed E-state index contributed by atoms with van der Waals surface area (Å²) in [6, 6.07) is 6.87. The maximum atomic E-state index is 13.5. The van der Waals surface area contributed by atoms with Gasteiger partial charge in [0, 0.05) is 38.3 Å². The number of likely N-dealkylation sites (N-methyl/N-ethyl adjacent to an activating group) is 3. The molecule has 0 heterocycles. The van der Waals surface area contributed by atoms with Crippen molar-refractivity contribution in [1.82, 2.24) is 19.6 Å². The van der Waals surface area contributed by atoms with Gasteiger partial charge in [-0.15, -0.1) is 0 Å². The summed E-state index contributed by atoms with van der Waals surface area (Å²) in [5.74, 6) is -0.660. The molecular weight excluding hydrogens is 416 g/mol. The molecule has 182 valence electrons. The molecule has 0 bridgehead atoms. The van der Waals surface area contributed by atoms with Crippen molar-refractivity contribution in [3.63, 3.8) is 0 Å². The number of fused-ring (bicyclic) bond motifs is 1. The summed E-state index contributed by atoms with van der Waals surface area (Å²) in [7, 11) is 7.35. The van der Waals surface area contributed by atoms with E-state index in [2.05, 4.69) is 18.7 Å². The Morgan fingerprint density at radius 3 is 1.76 bits per heavy atom. The van der Waals surface area contributed by atoms with Gasteiger partial charge in [0.25, 0.3) is 0 Å². The van der Waals surface area contributed by atoms with E-state index in [9.17, 15) is 14.4 Å². The number of unbranched alkanes of at least 4 members (excludes halogenated alkanes) is 2. The second-order valence-corrected chi connectivity index (χ2v) is 9.06. The Labute approximate surface area is 199 Å². The number of rotatable bonds is 13. The summed E-state index contributed by atoms with van der Waals surface area (Å²) in [5, 5.41) is 0. The molecule has 0 unspecified atom stereocenters. The topological polar surface area (TPSA) is 64.2 Å². The van der Waals surface area contributed by atoms with Gasteiger partial charge >= 0.3 is 0 Å². The van der Waals surface area contributed by atoms with Gasteiger partial charge in [-0.2, -0.15) is 0 Å². The molecule has 1 aromatic rings. The van der Waals surface area contributed by atoms with Crippen LogP contribution in [0.25, 0.3) is 0 Å². The Balaban J connectivity index is 2.40. The third-order valence-electron chi connectivity index (χ3n) is 6.06. The number of amides is 1. The van der Waals surface area contributed by atoms with Crippen molar-refractivity contribution in [2.45, 2.75) is 39.5 Å². The highest BCUT2D eigenvalue weighted by molar-refractivity contribution is 6.27. The van der Waals surface area contributed by atoms with Crippen LogP contribution in [-0.4, -0.2) is 98.0 Å². The minimum absolute atomic E-state index is 0.170. The third-order valence-corrected chi connectivity index (χ3v) is 6.06. The van der Waals surface area contributed by atoms with Gasteiger partial charge in [-0.25, -0.2) is 0 Å². The third kappa shape index (κ3) is 6.74. The molecule has 0 saturated heterocycles. The number of allylic oxidation sites excluding steroid dienone is 2. The van der Waals surface area contributed by atoms with Gasteiger partial charge in [0.05, 0.1) is 6.54 Å². The van der Waals surface area contributed by atoms with Crippen LogP contribution >= 0.6 is 0 Å². The first-order chi connectivity index (χ1) is 15.7. The summed E-state index contributed by atoms with van der Waals surface area (Å²) in [5.41, 5.74) is 1.23. The lowest BCUT2D eigenvalue weighted by Crippen LogP contribution is -2.44. The van der Waals surface area contributed by atoms with E-state index in [1.807, 2.05) is 26.0 Å². The van der Waals surface area contributed by atoms with E-state index >= 15 is 0 Å². The van der Waals surface area contributed by atoms with E-state index in [0.29, 0.717) is 23.4 Å². The number of Topliss-reactive ketones (excluding diaryl/α,β-unsaturated/α-hetero) is 2. The predicted molar refractivity (Wildman–Crippen MR) is 132 cm³/mol. The van der Waals surface area contributed by atoms with Crippen molar-refractivity contribution in [3.8, 4) is 0 Å². The molecule has 0 aromatic heterocycles. The average molecular weight is 457 g/mol. The fourth-order valence-electron chi connectivity index (χ4n) is 3.93. The lowest BCUT2D eigenvalue weighted by atomic mass is 9.89. The van der Waals surface area contributed by atoms with E-state index in [4.69, 9.17) is 0 Å². The smallest absolute Gasteiger partial charge is 0.241 e. The average Bonchev–Trinajstić information content (AvgIpc) is 2.80. The van der Waals surface area contributed by atoms with Crippen LogP contribution < -0.4 is 0 Å². The second-order valence-electron chi connectivity index (χ2n) is 9.06. The summed E-state index contributed by atoms with van der Waals surface area (Å²) < 4.78 is 0. The molecule has 0 atom stereocenters. The second kappa shape index (κ2) is 12.7. The lowest BCUT2D eigenvalue weighted by molar-refractivity contribution is -0.129. The van der Waals surface area contributed by atoms with Crippen LogP contribution in [-0.2, 0) is 4.79 Å². The molecule has 0 N–H and O–H groups in total. The maximum Gasteiger partial charge on any atom is 0.241 e. The molecule has 0 fully saturated rings. The van der Waals surface area contributed by atoms with E-state index < -0.39 is 0 Å². The lowest BCUT2D eigenvalue weighted by Gasteiger charge is -2.33. The summed E-state index contributed by atoms with van der Waals surface area (Å²) in [6.07, 6.45) is 4.16. The maximum absolute atomic E-state index is 13.5. The molecule has 2 rings (SSSR count). The Morgan fingerprint density at radius 2 is 1.27 bits per heavy atom. The fraction of sp³-hybridized carbons (Fsp3) is 0.577. The zero-order valence-electron chi connectivity index (χ0n) is 21.2. The first-order valence-corrected chi connectivity index (χ1v) is 12.0. The van der Waals surface area contributed by atoms with Crippen LogP contribution in [0.15, 0.2) is 35.7 Å². The number of hydrogen-bond acceptors (Lipinski definition) is 6. The van der Waals surface area contributed by atoms with E-state index in [1.54, 1.807) is 36.2 Å². The largest absolute Gasteiger partial charge is 0.368 e. The normalized spacial score (nSPS) is 13.7. The van der Waals surface area contributed by atoms with Crippen molar-refractivity contribution in [2.24, 2.45) is 0 Å². The molecule has 1 aromatic carbocycles. The Morgan fingerprint density at radius 1 is 0.758 bits per heavy atom. The van der Waals surface area contributed by atoms with Gasteiger partial charge in [-0.3, -0.25) is 19.3 Å². The molecule has 1 amide bonds. The van der Waals surface area contributed by atoms with Gasteiger partial charge in [-0.1, -0.05) is 51.0 Å². The highest BCUT2D eigenvalue weighted by Gasteiger charge is 2.37. The predicted octanol–water partition coefficient (Wildman–Crippen LogP) is 3.13. The molecule has 0 aliphatic heterocycles. The number of nitrogens with zero attached hydrogens (tertiary/aromatic N) is 4. The molecular formula is C26H40N4O3. The standard InChI is InChI=1S/C26H40N4O3/c1-7-9-15-30(16-10-8-2)19-22(31)29(6)24-23(28(5)18-17-27(3)4)25(32)20-13-11-12-14-21(20)26(24)33/h11-14H,7-10,15-19H2,1-6H3. The Hall–Kier alpha value is -2.51. The monoisotopic (exact) mass is 456 g/mol. The Bertz CT molecular complexity index is 870. The summed E-state index contributed by atoms with van der Waals surface area (Å²) in [4.78, 5) is 47.7. The molecule has 7 heteroatoms. The van der Waals surface area contributed by atoms with Gasteiger partial charge < -0.3 is 14.7 Å². The van der Waals surface area contributed by atoms with Gasteiger partial charge in [0.2, 0.25) is 17.5 Å². The fourth-order valence-corrected chi connectivity index (χ4v) is 3.93. The van der Waals surface area contributed by atoms with Crippen LogP contribution in [0.3, 0.4) is 0 Å². The van der Waals surface area contributed by atoms with Crippen molar-refractivity contribution in [2.75, 3.05) is 60.9 Å². The van der Waals surface area contributed by atoms with E-state index in [1.165, 1.54) is 4.90 Å². The van der Waals surface area contributed by atoms with Crippen LogP contribution in [0.1, 0.15) is 60.2 Å². The molecule has 0 saturated carbocycles. The van der Waals surface area contributed by atoms with Crippen molar-refractivity contribution in [1.29, 1.82) is 0 Å². The molecule has 33 heavy (non-hydrogen) atoms. The molecule has 1 aliphatic carbocycles. The van der Waals surface area contributed by atoms with Crippen LogP contribution in [0.2, 0.25) is 0 Å². The zero-order valence-corrected chi connectivity index (χ0v) is 21.2. The number of hydrogen-bond donors (Lipinski definition) is 0. The SMILES string of the molecule is CCCCN(CCCC)CC(=O)N(C)C1=C(N(C)CCN(C)C)C(=O)c2ccccc2C1=O. The minimum atomic E-state index is -0.276. The number of ketones is 2. The highest BCUT2D eigenvalue weighted by Crippen LogP contribution is 2.29. The minimum Gasteiger partial charge on any atom is -0.368 e. The number of carbonyl (C=O) groups excluding carboxylic acids is 3. The van der Waals surface area contributed by atoms with Crippen LogP contribution in [0, 0.1) is 0 Å². The first kappa shape index (κ1) is 26.7. The van der Waals surface area contributed by atoms with Gasteiger partial charge in [0.1, 0.15) is 11.4 Å².